The molecule has 1 aromatic rings. The Morgan fingerprint density at radius 2 is 2.06 bits per heavy atom. The predicted molar refractivity (Wildman–Crippen MR) is 47.2 cm³/mol. The average Bonchev–Trinajstić information content (AvgIpc) is 2.15. The molecule has 1 heterocycles. The second-order valence-corrected chi connectivity index (χ2v) is 3.00. The van der Waals surface area contributed by atoms with Crippen molar-refractivity contribution in [2.45, 2.75) is 12.6 Å². The van der Waals surface area contributed by atoms with Crippen molar-refractivity contribution in [2.75, 3.05) is 0 Å². The fraction of sp³-hybridized carbons (Fsp3) is 0.250. The van der Waals surface area contributed by atoms with Crippen molar-refractivity contribution in [1.29, 1.82) is 0 Å². The summed E-state index contributed by atoms with van der Waals surface area (Å²) in [6.45, 7) is 0. The molecule has 92 valence electrons. The summed E-state index contributed by atoms with van der Waals surface area (Å²) in [6, 6.07) is 1.24. The van der Waals surface area contributed by atoms with Gasteiger partial charge < -0.3 is 15.2 Å². The second-order valence-electron chi connectivity index (χ2n) is 3.00. The van der Waals surface area contributed by atoms with Gasteiger partial charge in [0.1, 0.15) is 0 Å². The van der Waals surface area contributed by atoms with Crippen LogP contribution in [0.3, 0.4) is 0 Å². The van der Waals surface area contributed by atoms with Gasteiger partial charge in [0.05, 0.1) is 12.0 Å². The first kappa shape index (κ1) is 12.9. The van der Waals surface area contributed by atoms with Gasteiger partial charge in [-0.25, -0.2) is 0 Å². The lowest BCUT2D eigenvalue weighted by atomic mass is 10.1. The van der Waals surface area contributed by atoms with E-state index in [4.69, 9.17) is 5.11 Å². The molecule has 1 N–H and O–H groups in total. The van der Waals surface area contributed by atoms with Crippen molar-refractivity contribution in [2.24, 2.45) is 0 Å². The maximum Gasteiger partial charge on any atom is 0.457 e. The number of carboxylic acids is 1. The monoisotopic (exact) mass is 250 g/mol. The molecule has 0 aliphatic carbocycles. The van der Waals surface area contributed by atoms with E-state index in [1.807, 2.05) is 0 Å². The van der Waals surface area contributed by atoms with Crippen molar-refractivity contribution in [1.82, 2.24) is 4.98 Å². The van der Waals surface area contributed by atoms with Gasteiger partial charge in [0, 0.05) is 0 Å². The first-order valence-electron chi connectivity index (χ1n) is 4.15. The summed E-state index contributed by atoms with van der Waals surface area (Å²) >= 11 is 0. The highest BCUT2D eigenvalue weighted by Gasteiger charge is 2.38. The number of carbonyl (C=O) groups is 1. The molecular weight excluding hydrogens is 245 g/mol. The first-order valence-corrected chi connectivity index (χ1v) is 4.15. The fourth-order valence-electron chi connectivity index (χ4n) is 1.09. The zero-order valence-electron chi connectivity index (χ0n) is 8.06. The molecule has 0 fully saturated rings. The normalized spacial score (nSPS) is 11.2. The number of halogens is 3. The third kappa shape index (κ3) is 3.13. The van der Waals surface area contributed by atoms with Crippen LogP contribution in [0.15, 0.2) is 12.1 Å². The topological polar surface area (TPSA) is 93.3 Å². The molecule has 0 saturated carbocycles. The van der Waals surface area contributed by atoms with Crippen molar-refractivity contribution in [3.8, 4) is 0 Å². The molecule has 0 aliphatic heterocycles. The second kappa shape index (κ2) is 4.36. The van der Waals surface area contributed by atoms with E-state index in [2.05, 4.69) is 4.98 Å². The number of aliphatic carboxylic acids is 1. The standard InChI is InChI=1S/C8H5F3N2O4/c9-8(10,11)5-2-1-4(3-6(14)15)7(12-5)13(16)17/h1-2H,3H2,(H,14,15). The lowest BCUT2D eigenvalue weighted by Gasteiger charge is -2.04. The van der Waals surface area contributed by atoms with Gasteiger partial charge in [-0.3, -0.25) is 4.79 Å². The van der Waals surface area contributed by atoms with Crippen LogP contribution < -0.4 is 0 Å². The van der Waals surface area contributed by atoms with Crippen molar-refractivity contribution < 1.29 is 28.0 Å². The number of hydrogen-bond acceptors (Lipinski definition) is 4. The van der Waals surface area contributed by atoms with Gasteiger partial charge in [0.25, 0.3) is 5.69 Å². The minimum Gasteiger partial charge on any atom is -0.481 e. The van der Waals surface area contributed by atoms with E-state index in [9.17, 15) is 28.1 Å². The molecule has 0 amide bonds. The van der Waals surface area contributed by atoms with Crippen LogP contribution in [-0.4, -0.2) is 21.0 Å². The zero-order chi connectivity index (χ0) is 13.2. The molecule has 6 nitrogen and oxygen atoms in total. The maximum atomic E-state index is 12.2. The quantitative estimate of drug-likeness (QED) is 0.650. The highest BCUT2D eigenvalue weighted by Crippen LogP contribution is 2.30. The van der Waals surface area contributed by atoms with E-state index in [1.54, 1.807) is 0 Å². The molecule has 1 rings (SSSR count). The lowest BCUT2D eigenvalue weighted by Crippen LogP contribution is -2.12. The summed E-state index contributed by atoms with van der Waals surface area (Å²) < 4.78 is 36.7. The Hall–Kier alpha value is -2.19. The molecule has 9 heteroatoms. The van der Waals surface area contributed by atoms with Crippen LogP contribution in [0, 0.1) is 10.1 Å². The van der Waals surface area contributed by atoms with Crippen LogP contribution in [-0.2, 0) is 17.4 Å². The largest absolute Gasteiger partial charge is 0.481 e. The summed E-state index contributed by atoms with van der Waals surface area (Å²) in [5.74, 6) is -2.49. The van der Waals surface area contributed by atoms with Crippen LogP contribution in [0.25, 0.3) is 0 Å². The highest BCUT2D eigenvalue weighted by molar-refractivity contribution is 5.71. The summed E-state index contributed by atoms with van der Waals surface area (Å²) in [4.78, 5) is 22.5. The van der Waals surface area contributed by atoms with Crippen LogP contribution in [0.5, 0.6) is 0 Å². The van der Waals surface area contributed by atoms with Crippen LogP contribution in [0.1, 0.15) is 11.3 Å². The third-order valence-corrected chi connectivity index (χ3v) is 1.76. The molecule has 0 saturated heterocycles. The minimum absolute atomic E-state index is 0.379. The van der Waals surface area contributed by atoms with Crippen molar-refractivity contribution >= 4 is 11.8 Å². The number of pyridine rings is 1. The lowest BCUT2D eigenvalue weighted by molar-refractivity contribution is -0.390. The van der Waals surface area contributed by atoms with E-state index in [1.165, 1.54) is 0 Å². The molecule has 0 aromatic carbocycles. The average molecular weight is 250 g/mol. The summed E-state index contributed by atoms with van der Waals surface area (Å²) in [7, 11) is 0. The Balaban J connectivity index is 3.27. The first-order chi connectivity index (χ1) is 7.71. The number of rotatable bonds is 3. The highest BCUT2D eigenvalue weighted by atomic mass is 19.4. The zero-order valence-corrected chi connectivity index (χ0v) is 8.06. The van der Waals surface area contributed by atoms with Gasteiger partial charge in [0.2, 0.25) is 0 Å². The van der Waals surface area contributed by atoms with E-state index in [0.29, 0.717) is 6.07 Å². The van der Waals surface area contributed by atoms with E-state index >= 15 is 0 Å². The van der Waals surface area contributed by atoms with Gasteiger partial charge >= 0.3 is 18.0 Å². The Morgan fingerprint density at radius 1 is 1.47 bits per heavy atom. The van der Waals surface area contributed by atoms with E-state index in [0.717, 1.165) is 6.07 Å². The Bertz CT molecular complexity index is 472. The summed E-state index contributed by atoms with van der Waals surface area (Å²) in [5.41, 5.74) is -1.81. The third-order valence-electron chi connectivity index (χ3n) is 1.76. The molecule has 0 atom stereocenters. The van der Waals surface area contributed by atoms with Crippen LogP contribution in [0.2, 0.25) is 0 Å². The van der Waals surface area contributed by atoms with Gasteiger partial charge in [0.15, 0.2) is 0 Å². The summed E-state index contributed by atoms with van der Waals surface area (Å²) in [5, 5.41) is 18.9. The molecule has 0 unspecified atom stereocenters. The number of alkyl halides is 3. The number of hydrogen-bond donors (Lipinski definition) is 1. The van der Waals surface area contributed by atoms with E-state index < -0.39 is 35.0 Å². The number of aromatic nitrogens is 1. The SMILES string of the molecule is O=C(O)Cc1ccc(C(F)(F)F)nc1[N+](=O)[O-]. The Kier molecular flexibility index (Phi) is 3.30. The molecular formula is C8H5F3N2O4. The van der Waals surface area contributed by atoms with Gasteiger partial charge in [-0.15, -0.1) is 0 Å². The smallest absolute Gasteiger partial charge is 0.457 e. The van der Waals surface area contributed by atoms with Crippen LogP contribution in [0.4, 0.5) is 19.0 Å². The molecule has 1 aromatic heterocycles. The fourth-order valence-corrected chi connectivity index (χ4v) is 1.09. The Morgan fingerprint density at radius 3 is 2.47 bits per heavy atom. The predicted octanol–water partition coefficient (Wildman–Crippen LogP) is 1.64. The van der Waals surface area contributed by atoms with Gasteiger partial charge in [-0.05, 0) is 22.0 Å². The molecule has 0 radical (unpaired) electrons. The molecule has 0 aliphatic rings. The molecule has 0 spiro atoms. The number of nitrogens with zero attached hydrogens (tertiary/aromatic N) is 2. The Labute approximate surface area is 91.9 Å². The van der Waals surface area contributed by atoms with Crippen LogP contribution >= 0.6 is 0 Å². The summed E-state index contributed by atoms with van der Waals surface area (Å²) in [6.07, 6.45) is -5.58. The molecule has 0 bridgehead atoms. The maximum absolute atomic E-state index is 12.2. The minimum atomic E-state index is -4.81. The van der Waals surface area contributed by atoms with Gasteiger partial charge in [-0.1, -0.05) is 0 Å². The number of nitro groups is 1. The number of carboxylic acid groups (broad SMARTS) is 1. The van der Waals surface area contributed by atoms with Crippen molar-refractivity contribution in [3.05, 3.63) is 33.5 Å². The van der Waals surface area contributed by atoms with Gasteiger partial charge in [-0.2, -0.15) is 13.2 Å². The van der Waals surface area contributed by atoms with E-state index in [-0.39, 0.29) is 5.56 Å². The van der Waals surface area contributed by atoms with Crippen molar-refractivity contribution in [3.63, 3.8) is 0 Å². The molecule has 17 heavy (non-hydrogen) atoms.